The number of nitrogens with one attached hydrogen (secondary N) is 2. The molecule has 4 N–H and O–H groups in total. The molecule has 2 aromatic heterocycles. The van der Waals surface area contributed by atoms with Crippen LogP contribution in [0, 0.1) is 6.92 Å². The van der Waals surface area contributed by atoms with Crippen molar-refractivity contribution in [1.29, 1.82) is 0 Å². The normalized spacial score (nSPS) is 14.0. The molecule has 0 radical (unpaired) electrons. The van der Waals surface area contributed by atoms with Gasteiger partial charge in [0, 0.05) is 5.92 Å². The van der Waals surface area contributed by atoms with E-state index in [0.717, 1.165) is 25.9 Å². The average molecular weight is 401 g/mol. The van der Waals surface area contributed by atoms with Crippen LogP contribution in [0.15, 0.2) is 33.6 Å². The topological polar surface area (TPSA) is 110 Å². The van der Waals surface area contributed by atoms with E-state index >= 15 is 0 Å². The summed E-state index contributed by atoms with van der Waals surface area (Å²) in [6.07, 6.45) is 3.28. The Morgan fingerprint density at radius 3 is 2.58 bits per heavy atom. The predicted molar refractivity (Wildman–Crippen MR) is 106 cm³/mol. The number of carbonyl (C=O) groups is 1. The number of aryl methyl sites for hydroxylation is 1. The Labute approximate surface area is 163 Å². The summed E-state index contributed by atoms with van der Waals surface area (Å²) in [4.78, 5) is 28.6. The number of carbonyl (C=O) groups excluding carboxylic acids is 1. The fourth-order valence-corrected chi connectivity index (χ4v) is 2.89. The number of amides is 1. The van der Waals surface area contributed by atoms with E-state index in [2.05, 4.69) is 15.6 Å². The first-order valence-corrected chi connectivity index (χ1v) is 7.93. The van der Waals surface area contributed by atoms with Crippen molar-refractivity contribution in [2.45, 2.75) is 25.7 Å². The Morgan fingerprint density at radius 1 is 1.31 bits per heavy atom. The number of hydrogen-bond acceptors (Lipinski definition) is 6. The second-order valence-electron chi connectivity index (χ2n) is 5.94. The van der Waals surface area contributed by atoms with Gasteiger partial charge >= 0.3 is 5.63 Å². The van der Waals surface area contributed by atoms with Crippen LogP contribution in [-0.2, 0) is 0 Å². The van der Waals surface area contributed by atoms with E-state index in [0.29, 0.717) is 22.8 Å². The van der Waals surface area contributed by atoms with Crippen LogP contribution in [-0.4, -0.2) is 24.0 Å². The van der Waals surface area contributed by atoms with Crippen LogP contribution in [0.3, 0.4) is 0 Å². The largest absolute Gasteiger partial charge is 0.427 e. The summed E-state index contributed by atoms with van der Waals surface area (Å²) in [5.74, 6) is 0.723. The molecular formula is C17H22Cl2N4O3. The van der Waals surface area contributed by atoms with Gasteiger partial charge in [0.25, 0.3) is 5.91 Å². The first-order chi connectivity index (χ1) is 11.5. The third-order valence-corrected chi connectivity index (χ3v) is 4.18. The van der Waals surface area contributed by atoms with E-state index in [1.165, 1.54) is 6.20 Å². The van der Waals surface area contributed by atoms with Crippen molar-refractivity contribution in [2.24, 2.45) is 0 Å². The summed E-state index contributed by atoms with van der Waals surface area (Å²) in [7, 11) is 0. The molecule has 26 heavy (non-hydrogen) atoms. The first-order valence-electron chi connectivity index (χ1n) is 7.93. The van der Waals surface area contributed by atoms with Crippen LogP contribution in [0.1, 0.15) is 40.4 Å². The summed E-state index contributed by atoms with van der Waals surface area (Å²) < 4.78 is 5.43. The average Bonchev–Trinajstić information content (AvgIpc) is 2.57. The minimum atomic E-state index is -0.607. The standard InChI is InChI=1S/C17H20N4O3.2ClH/c1-10-8-13(11-4-6-19-7-5-11)24-17(23)15(10)16(22)21-12-2-3-14(18)20-9-12;;/h2-3,8-9,11,19H,4-7H2,1H3,(H2,18,20)(H,21,22);2*1H. The Bertz CT molecular complexity index is 803. The molecule has 0 saturated carbocycles. The molecule has 0 bridgehead atoms. The predicted octanol–water partition coefficient (Wildman–Crippen LogP) is 2.49. The molecule has 1 amide bonds. The van der Waals surface area contributed by atoms with E-state index < -0.39 is 11.5 Å². The molecule has 1 aliphatic heterocycles. The molecule has 0 atom stereocenters. The molecule has 0 aliphatic carbocycles. The molecule has 0 aromatic carbocycles. The second-order valence-corrected chi connectivity index (χ2v) is 5.94. The highest BCUT2D eigenvalue weighted by Gasteiger charge is 2.22. The lowest BCUT2D eigenvalue weighted by atomic mass is 9.94. The lowest BCUT2D eigenvalue weighted by Crippen LogP contribution is -2.28. The third kappa shape index (κ3) is 4.97. The maximum absolute atomic E-state index is 12.4. The maximum Gasteiger partial charge on any atom is 0.349 e. The van der Waals surface area contributed by atoms with Gasteiger partial charge in [-0.25, -0.2) is 9.78 Å². The van der Waals surface area contributed by atoms with Gasteiger partial charge in [-0.05, 0) is 56.6 Å². The van der Waals surface area contributed by atoms with E-state index in [-0.39, 0.29) is 36.3 Å². The van der Waals surface area contributed by atoms with Crippen molar-refractivity contribution >= 4 is 42.2 Å². The fourth-order valence-electron chi connectivity index (χ4n) is 2.89. The molecule has 1 fully saturated rings. The molecule has 1 saturated heterocycles. The Morgan fingerprint density at radius 2 is 2.00 bits per heavy atom. The van der Waals surface area contributed by atoms with Crippen molar-refractivity contribution in [3.8, 4) is 0 Å². The Hall–Kier alpha value is -2.09. The zero-order valence-electron chi connectivity index (χ0n) is 14.3. The maximum atomic E-state index is 12.4. The van der Waals surface area contributed by atoms with Crippen LogP contribution in [0.4, 0.5) is 11.5 Å². The number of anilines is 2. The monoisotopic (exact) mass is 400 g/mol. The van der Waals surface area contributed by atoms with Crippen molar-refractivity contribution in [1.82, 2.24) is 10.3 Å². The third-order valence-electron chi connectivity index (χ3n) is 4.18. The number of halogens is 2. The van der Waals surface area contributed by atoms with E-state index in [1.54, 1.807) is 25.1 Å². The molecule has 0 spiro atoms. The molecule has 1 aliphatic rings. The van der Waals surface area contributed by atoms with Gasteiger partial charge in [0.15, 0.2) is 0 Å². The summed E-state index contributed by atoms with van der Waals surface area (Å²) in [5, 5.41) is 5.91. The van der Waals surface area contributed by atoms with Gasteiger partial charge in [0.05, 0.1) is 11.9 Å². The molecule has 2 aromatic rings. The van der Waals surface area contributed by atoms with E-state index in [4.69, 9.17) is 10.2 Å². The molecule has 3 rings (SSSR count). The Balaban J connectivity index is 0.00000169. The van der Waals surface area contributed by atoms with Gasteiger partial charge in [-0.15, -0.1) is 24.8 Å². The first kappa shape index (κ1) is 22.0. The summed E-state index contributed by atoms with van der Waals surface area (Å²) in [6.45, 7) is 3.55. The number of hydrogen-bond donors (Lipinski definition) is 3. The highest BCUT2D eigenvalue weighted by atomic mass is 35.5. The van der Waals surface area contributed by atoms with Crippen molar-refractivity contribution < 1.29 is 9.21 Å². The lowest BCUT2D eigenvalue weighted by Gasteiger charge is -2.21. The Kier molecular flexibility index (Phi) is 8.08. The number of rotatable bonds is 3. The minimum Gasteiger partial charge on any atom is -0.427 e. The smallest absolute Gasteiger partial charge is 0.349 e. The molecule has 142 valence electrons. The number of nitrogens with two attached hydrogens (primary N) is 1. The number of nitrogens with zero attached hydrogens (tertiary/aromatic N) is 1. The molecule has 0 unspecified atom stereocenters. The summed E-state index contributed by atoms with van der Waals surface area (Å²) >= 11 is 0. The molecular weight excluding hydrogens is 379 g/mol. The number of nitrogen functional groups attached to an aromatic ring is 1. The number of pyridine rings is 1. The molecule has 9 heteroatoms. The van der Waals surface area contributed by atoms with Gasteiger partial charge in [0.2, 0.25) is 0 Å². The molecule has 7 nitrogen and oxygen atoms in total. The summed E-state index contributed by atoms with van der Waals surface area (Å²) in [6, 6.07) is 5.00. The lowest BCUT2D eigenvalue weighted by molar-refractivity contribution is 0.102. The molecule has 3 heterocycles. The zero-order valence-corrected chi connectivity index (χ0v) is 15.9. The van der Waals surface area contributed by atoms with Crippen molar-refractivity contribution in [3.63, 3.8) is 0 Å². The summed E-state index contributed by atoms with van der Waals surface area (Å²) in [5.41, 5.74) is 6.00. The van der Waals surface area contributed by atoms with Crippen LogP contribution in [0.25, 0.3) is 0 Å². The van der Waals surface area contributed by atoms with Gasteiger partial charge < -0.3 is 20.8 Å². The second kappa shape index (κ2) is 9.56. The van der Waals surface area contributed by atoms with Gasteiger partial charge in [-0.2, -0.15) is 0 Å². The van der Waals surface area contributed by atoms with Gasteiger partial charge in [0.1, 0.15) is 17.1 Å². The quantitative estimate of drug-likeness (QED) is 0.729. The fraction of sp³-hybridized carbons (Fsp3) is 0.353. The highest BCUT2D eigenvalue weighted by molar-refractivity contribution is 6.04. The SMILES string of the molecule is Cc1cc(C2CCNCC2)oc(=O)c1C(=O)Nc1ccc(N)nc1.Cl.Cl. The highest BCUT2D eigenvalue weighted by Crippen LogP contribution is 2.25. The number of aromatic nitrogens is 1. The van der Waals surface area contributed by atoms with Crippen LogP contribution < -0.4 is 22.0 Å². The minimum absolute atomic E-state index is 0. The van der Waals surface area contributed by atoms with E-state index in [9.17, 15) is 9.59 Å². The van der Waals surface area contributed by atoms with E-state index in [1.807, 2.05) is 0 Å². The van der Waals surface area contributed by atoms with Crippen molar-refractivity contribution in [3.05, 3.63) is 51.7 Å². The zero-order chi connectivity index (χ0) is 17.1. The van der Waals surface area contributed by atoms with Gasteiger partial charge in [-0.1, -0.05) is 0 Å². The van der Waals surface area contributed by atoms with Crippen molar-refractivity contribution in [2.75, 3.05) is 24.1 Å². The number of piperidine rings is 1. The van der Waals surface area contributed by atoms with Crippen LogP contribution in [0.2, 0.25) is 0 Å². The van der Waals surface area contributed by atoms with Gasteiger partial charge in [-0.3, -0.25) is 4.79 Å². The van der Waals surface area contributed by atoms with Crippen LogP contribution >= 0.6 is 24.8 Å². The van der Waals surface area contributed by atoms with Crippen LogP contribution in [0.5, 0.6) is 0 Å².